The van der Waals surface area contributed by atoms with Gasteiger partial charge in [-0.25, -0.2) is 0 Å². The van der Waals surface area contributed by atoms with Crippen LogP contribution >= 0.6 is 0 Å². The second kappa shape index (κ2) is 5.09. The van der Waals surface area contributed by atoms with E-state index in [-0.39, 0.29) is 5.91 Å². The third-order valence-electron chi connectivity index (χ3n) is 4.32. The zero-order chi connectivity index (χ0) is 16.0. The standard InChI is InChI=1S/C19H16N2O2/c1-11-18(12(2)23-21-11)19(22)20-15-8-7-14-9-13-5-3-4-6-16(13)17(14)10-15/h3-8,10H,9H2,1-2H3,(H,20,22). The number of aromatic nitrogens is 1. The minimum absolute atomic E-state index is 0.188. The molecule has 0 saturated heterocycles. The van der Waals surface area contributed by atoms with Crippen molar-refractivity contribution >= 4 is 11.6 Å². The summed E-state index contributed by atoms with van der Waals surface area (Å²) in [5.74, 6) is 0.346. The van der Waals surface area contributed by atoms with Crippen LogP contribution in [0.4, 0.5) is 5.69 Å². The van der Waals surface area contributed by atoms with Crippen molar-refractivity contribution in [3.05, 3.63) is 70.6 Å². The first-order chi connectivity index (χ1) is 11.1. The quantitative estimate of drug-likeness (QED) is 0.606. The molecule has 1 aromatic heterocycles. The van der Waals surface area contributed by atoms with Gasteiger partial charge in [0.15, 0.2) is 0 Å². The number of aryl methyl sites for hydroxylation is 2. The van der Waals surface area contributed by atoms with Crippen molar-refractivity contribution in [2.75, 3.05) is 5.32 Å². The number of nitrogens with zero attached hydrogens (tertiary/aromatic N) is 1. The Bertz CT molecular complexity index is 905. The second-order valence-corrected chi connectivity index (χ2v) is 5.86. The monoisotopic (exact) mass is 304 g/mol. The summed E-state index contributed by atoms with van der Waals surface area (Å²) in [5, 5.41) is 6.78. The van der Waals surface area contributed by atoms with E-state index in [2.05, 4.69) is 34.7 Å². The molecule has 1 amide bonds. The van der Waals surface area contributed by atoms with Crippen LogP contribution in [-0.4, -0.2) is 11.1 Å². The van der Waals surface area contributed by atoms with Crippen LogP contribution in [0.5, 0.6) is 0 Å². The lowest BCUT2D eigenvalue weighted by molar-refractivity contribution is 0.102. The van der Waals surface area contributed by atoms with E-state index in [1.165, 1.54) is 22.3 Å². The molecule has 4 heteroatoms. The van der Waals surface area contributed by atoms with Gasteiger partial charge in [-0.3, -0.25) is 4.79 Å². The Balaban J connectivity index is 1.67. The number of carbonyl (C=O) groups is 1. The zero-order valence-corrected chi connectivity index (χ0v) is 13.0. The first-order valence-corrected chi connectivity index (χ1v) is 7.59. The molecule has 0 fully saturated rings. The van der Waals surface area contributed by atoms with Gasteiger partial charge in [-0.2, -0.15) is 0 Å². The molecule has 0 saturated carbocycles. The highest BCUT2D eigenvalue weighted by Crippen LogP contribution is 2.37. The number of carbonyl (C=O) groups excluding carboxylic acids is 1. The lowest BCUT2D eigenvalue weighted by Crippen LogP contribution is -2.13. The van der Waals surface area contributed by atoms with E-state index in [1.807, 2.05) is 18.2 Å². The third-order valence-corrected chi connectivity index (χ3v) is 4.32. The zero-order valence-electron chi connectivity index (χ0n) is 13.0. The molecule has 0 spiro atoms. The van der Waals surface area contributed by atoms with E-state index in [4.69, 9.17) is 4.52 Å². The Morgan fingerprint density at radius 3 is 2.65 bits per heavy atom. The fourth-order valence-corrected chi connectivity index (χ4v) is 3.20. The first-order valence-electron chi connectivity index (χ1n) is 7.59. The number of rotatable bonds is 2. The van der Waals surface area contributed by atoms with Gasteiger partial charge in [0.2, 0.25) is 0 Å². The molecule has 0 aliphatic heterocycles. The van der Waals surface area contributed by atoms with Gasteiger partial charge in [0.1, 0.15) is 11.3 Å². The Hall–Kier alpha value is -2.88. The van der Waals surface area contributed by atoms with Gasteiger partial charge in [-0.1, -0.05) is 35.5 Å². The highest BCUT2D eigenvalue weighted by molar-refractivity contribution is 6.06. The van der Waals surface area contributed by atoms with E-state index < -0.39 is 0 Å². The Morgan fingerprint density at radius 1 is 1.09 bits per heavy atom. The number of benzene rings is 2. The minimum Gasteiger partial charge on any atom is -0.361 e. The summed E-state index contributed by atoms with van der Waals surface area (Å²) < 4.78 is 5.06. The summed E-state index contributed by atoms with van der Waals surface area (Å²) in [6.45, 7) is 3.51. The third kappa shape index (κ3) is 2.23. The maximum atomic E-state index is 12.5. The number of hydrogen-bond acceptors (Lipinski definition) is 3. The van der Waals surface area contributed by atoms with Gasteiger partial charge < -0.3 is 9.84 Å². The van der Waals surface area contributed by atoms with Crippen LogP contribution in [0.25, 0.3) is 11.1 Å². The van der Waals surface area contributed by atoms with Crippen LogP contribution in [0, 0.1) is 13.8 Å². The Labute approximate surface area is 134 Å². The fraction of sp³-hybridized carbons (Fsp3) is 0.158. The predicted octanol–water partition coefficient (Wildman–Crippen LogP) is 4.11. The van der Waals surface area contributed by atoms with Gasteiger partial charge in [0, 0.05) is 5.69 Å². The molecular formula is C19H16N2O2. The molecule has 4 rings (SSSR count). The number of amides is 1. The van der Waals surface area contributed by atoms with Crippen molar-refractivity contribution in [2.45, 2.75) is 20.3 Å². The van der Waals surface area contributed by atoms with Gasteiger partial charge >= 0.3 is 0 Å². The molecule has 114 valence electrons. The van der Waals surface area contributed by atoms with E-state index in [1.54, 1.807) is 13.8 Å². The summed E-state index contributed by atoms with van der Waals surface area (Å²) in [4.78, 5) is 12.5. The van der Waals surface area contributed by atoms with Crippen LogP contribution in [0.3, 0.4) is 0 Å². The summed E-state index contributed by atoms with van der Waals surface area (Å²) >= 11 is 0. The lowest BCUT2D eigenvalue weighted by atomic mass is 10.1. The molecule has 4 nitrogen and oxygen atoms in total. The summed E-state index contributed by atoms with van der Waals surface area (Å²) in [6.07, 6.45) is 0.948. The van der Waals surface area contributed by atoms with Gasteiger partial charge in [0.25, 0.3) is 5.91 Å². The van der Waals surface area contributed by atoms with Crippen molar-refractivity contribution < 1.29 is 9.32 Å². The van der Waals surface area contributed by atoms with E-state index in [0.29, 0.717) is 17.0 Å². The molecule has 1 aliphatic carbocycles. The molecule has 0 atom stereocenters. The summed E-state index contributed by atoms with van der Waals surface area (Å²) in [7, 11) is 0. The lowest BCUT2D eigenvalue weighted by Gasteiger charge is -2.08. The molecule has 3 aromatic rings. The topological polar surface area (TPSA) is 55.1 Å². The molecule has 0 unspecified atom stereocenters. The van der Waals surface area contributed by atoms with Crippen molar-refractivity contribution in [1.29, 1.82) is 0 Å². The van der Waals surface area contributed by atoms with Crippen molar-refractivity contribution in [1.82, 2.24) is 5.16 Å². The van der Waals surface area contributed by atoms with E-state index in [0.717, 1.165) is 12.1 Å². The van der Waals surface area contributed by atoms with Crippen LogP contribution in [0.15, 0.2) is 47.0 Å². The largest absolute Gasteiger partial charge is 0.361 e. The Morgan fingerprint density at radius 2 is 1.87 bits per heavy atom. The maximum absolute atomic E-state index is 12.5. The van der Waals surface area contributed by atoms with Crippen LogP contribution in [-0.2, 0) is 6.42 Å². The number of nitrogens with one attached hydrogen (secondary N) is 1. The second-order valence-electron chi connectivity index (χ2n) is 5.86. The fourth-order valence-electron chi connectivity index (χ4n) is 3.20. The van der Waals surface area contributed by atoms with E-state index >= 15 is 0 Å². The number of fused-ring (bicyclic) bond motifs is 3. The number of anilines is 1. The SMILES string of the molecule is Cc1noc(C)c1C(=O)Nc1ccc2c(c1)-c1ccccc1C2. The average molecular weight is 304 g/mol. The van der Waals surface area contributed by atoms with Crippen molar-refractivity contribution in [2.24, 2.45) is 0 Å². The van der Waals surface area contributed by atoms with Gasteiger partial charge in [-0.15, -0.1) is 0 Å². The van der Waals surface area contributed by atoms with Gasteiger partial charge in [-0.05, 0) is 54.7 Å². The van der Waals surface area contributed by atoms with Crippen LogP contribution in [0.2, 0.25) is 0 Å². The highest BCUT2D eigenvalue weighted by Gasteiger charge is 2.20. The van der Waals surface area contributed by atoms with Crippen LogP contribution < -0.4 is 5.32 Å². The normalized spacial score (nSPS) is 11.9. The number of hydrogen-bond donors (Lipinski definition) is 1. The molecule has 1 heterocycles. The first kappa shape index (κ1) is 13.8. The summed E-state index contributed by atoms with van der Waals surface area (Å²) in [5.41, 5.74) is 6.95. The average Bonchev–Trinajstić information content (AvgIpc) is 3.07. The highest BCUT2D eigenvalue weighted by atomic mass is 16.5. The summed E-state index contributed by atoms with van der Waals surface area (Å²) in [6, 6.07) is 14.4. The van der Waals surface area contributed by atoms with Crippen molar-refractivity contribution in [3.8, 4) is 11.1 Å². The molecule has 0 radical (unpaired) electrons. The predicted molar refractivity (Wildman–Crippen MR) is 88.6 cm³/mol. The molecule has 23 heavy (non-hydrogen) atoms. The molecule has 2 aromatic carbocycles. The van der Waals surface area contributed by atoms with Crippen molar-refractivity contribution in [3.63, 3.8) is 0 Å². The minimum atomic E-state index is -0.188. The van der Waals surface area contributed by atoms with Crippen LogP contribution in [0.1, 0.15) is 32.9 Å². The smallest absolute Gasteiger partial charge is 0.261 e. The Kier molecular flexibility index (Phi) is 3.05. The molecule has 1 N–H and O–H groups in total. The van der Waals surface area contributed by atoms with Gasteiger partial charge in [0.05, 0.1) is 5.69 Å². The molecule has 1 aliphatic rings. The maximum Gasteiger partial charge on any atom is 0.261 e. The molecule has 0 bridgehead atoms. The van der Waals surface area contributed by atoms with E-state index in [9.17, 15) is 4.79 Å². The molecular weight excluding hydrogens is 288 g/mol.